The van der Waals surface area contributed by atoms with Crippen LogP contribution in [0.3, 0.4) is 0 Å². The van der Waals surface area contributed by atoms with Crippen molar-refractivity contribution in [3.63, 3.8) is 0 Å². The Balaban J connectivity index is 1.62. The monoisotopic (exact) mass is 490 g/mol. The molecule has 1 aromatic heterocycles. The second kappa shape index (κ2) is 11.4. The van der Waals surface area contributed by atoms with E-state index in [1.165, 1.54) is 16.4 Å². The predicted octanol–water partition coefficient (Wildman–Crippen LogP) is 3.35. The molecule has 0 atom stereocenters. The Morgan fingerprint density at radius 3 is 2.59 bits per heavy atom. The number of nitrogens with zero attached hydrogens (tertiary/aromatic N) is 3. The second-order valence-electron chi connectivity index (χ2n) is 7.67. The van der Waals surface area contributed by atoms with Gasteiger partial charge in [-0.25, -0.2) is 17.8 Å². The highest BCUT2D eigenvalue weighted by molar-refractivity contribution is 7.89. The third kappa shape index (κ3) is 5.92. The van der Waals surface area contributed by atoms with Crippen molar-refractivity contribution in [2.24, 2.45) is 0 Å². The molecule has 1 heterocycles. The zero-order chi connectivity index (χ0) is 24.7. The number of ether oxygens (including phenoxy) is 1. The highest BCUT2D eigenvalue weighted by Gasteiger charge is 2.23. The predicted molar refractivity (Wildman–Crippen MR) is 129 cm³/mol. The van der Waals surface area contributed by atoms with Crippen LogP contribution in [0, 0.1) is 5.82 Å². The van der Waals surface area contributed by atoms with Gasteiger partial charge >= 0.3 is 0 Å². The number of carbonyl (C=O) groups is 1. The van der Waals surface area contributed by atoms with E-state index >= 15 is 0 Å². The molecule has 34 heavy (non-hydrogen) atoms. The maximum atomic E-state index is 13.2. The average molecular weight is 491 g/mol. The second-order valence-corrected chi connectivity index (χ2v) is 9.61. The molecule has 184 valence electrons. The summed E-state index contributed by atoms with van der Waals surface area (Å²) >= 11 is 0. The molecule has 3 rings (SSSR count). The summed E-state index contributed by atoms with van der Waals surface area (Å²) in [6.07, 6.45) is 0.644. The fourth-order valence-corrected chi connectivity index (χ4v) is 5.28. The highest BCUT2D eigenvalue weighted by atomic mass is 32.2. The van der Waals surface area contributed by atoms with E-state index in [0.29, 0.717) is 43.9 Å². The van der Waals surface area contributed by atoms with Crippen molar-refractivity contribution in [3.05, 3.63) is 54.1 Å². The number of hydrogen-bond acceptors (Lipinski definition) is 5. The van der Waals surface area contributed by atoms with E-state index in [9.17, 15) is 17.6 Å². The third-order valence-electron chi connectivity index (χ3n) is 5.52. The average Bonchev–Trinajstić information content (AvgIpc) is 3.18. The number of imidazole rings is 1. The molecule has 1 N–H and O–H groups in total. The summed E-state index contributed by atoms with van der Waals surface area (Å²) in [5, 5.41) is 2.78. The number of benzene rings is 2. The lowest BCUT2D eigenvalue weighted by Crippen LogP contribution is -2.30. The van der Waals surface area contributed by atoms with E-state index in [2.05, 4.69) is 10.3 Å². The Morgan fingerprint density at radius 1 is 1.15 bits per heavy atom. The summed E-state index contributed by atoms with van der Waals surface area (Å²) in [5.74, 6) is 0.606. The van der Waals surface area contributed by atoms with Gasteiger partial charge in [0.25, 0.3) is 0 Å². The molecule has 2 aromatic carbocycles. The molecule has 0 unspecified atom stereocenters. The molecule has 0 aliphatic carbocycles. The van der Waals surface area contributed by atoms with Crippen LogP contribution in [-0.4, -0.2) is 54.4 Å². The standard InChI is InChI=1S/C24H31FN4O4S/c1-4-28(5-2)34(31,32)20-10-11-22-21(17-20)27-23(29(22)6-3)12-13-24(30)26-14-15-33-19-9-7-8-18(25)16-19/h7-11,16-17H,4-6,12-15H2,1-3H3,(H,26,30). The molecule has 0 fully saturated rings. The quantitative estimate of drug-likeness (QED) is 0.393. The van der Waals surface area contributed by atoms with E-state index in [1.54, 1.807) is 30.3 Å². The summed E-state index contributed by atoms with van der Waals surface area (Å²) in [6, 6.07) is 10.8. The fraction of sp³-hybridized carbons (Fsp3) is 0.417. The number of sulfonamides is 1. The summed E-state index contributed by atoms with van der Waals surface area (Å²) in [4.78, 5) is 17.1. The van der Waals surface area contributed by atoms with Crippen molar-refractivity contribution in [1.82, 2.24) is 19.2 Å². The number of aromatic nitrogens is 2. The number of halogens is 1. The Kier molecular flexibility index (Phi) is 8.62. The van der Waals surface area contributed by atoms with E-state index in [4.69, 9.17) is 4.74 Å². The normalized spacial score (nSPS) is 11.8. The van der Waals surface area contributed by atoms with Crippen molar-refractivity contribution in [2.75, 3.05) is 26.2 Å². The first kappa shape index (κ1) is 25.6. The molecule has 0 saturated carbocycles. The van der Waals surface area contributed by atoms with Crippen molar-refractivity contribution in [2.45, 2.75) is 45.1 Å². The molecule has 0 radical (unpaired) electrons. The lowest BCUT2D eigenvalue weighted by Gasteiger charge is -2.18. The molecule has 0 aliphatic rings. The van der Waals surface area contributed by atoms with Gasteiger partial charge in [0.15, 0.2) is 0 Å². The van der Waals surface area contributed by atoms with Crippen LogP contribution in [0.2, 0.25) is 0 Å². The van der Waals surface area contributed by atoms with Crippen molar-refractivity contribution in [1.29, 1.82) is 0 Å². The Morgan fingerprint density at radius 2 is 1.91 bits per heavy atom. The maximum absolute atomic E-state index is 13.2. The maximum Gasteiger partial charge on any atom is 0.243 e. The Labute approximate surface area is 199 Å². The minimum atomic E-state index is -3.58. The van der Waals surface area contributed by atoms with E-state index < -0.39 is 10.0 Å². The molecule has 0 saturated heterocycles. The van der Waals surface area contributed by atoms with Crippen LogP contribution < -0.4 is 10.1 Å². The molecule has 0 aliphatic heterocycles. The minimum absolute atomic E-state index is 0.151. The first-order chi connectivity index (χ1) is 16.3. The molecule has 3 aromatic rings. The largest absolute Gasteiger partial charge is 0.492 e. The van der Waals surface area contributed by atoms with Gasteiger partial charge in [0.1, 0.15) is 24.0 Å². The van der Waals surface area contributed by atoms with Gasteiger partial charge < -0.3 is 14.6 Å². The van der Waals surface area contributed by atoms with Crippen molar-refractivity contribution >= 4 is 27.0 Å². The van der Waals surface area contributed by atoms with Gasteiger partial charge in [-0.3, -0.25) is 4.79 Å². The number of amides is 1. The number of rotatable bonds is 12. The molecule has 0 bridgehead atoms. The number of carbonyl (C=O) groups excluding carboxylic acids is 1. The minimum Gasteiger partial charge on any atom is -0.492 e. The van der Waals surface area contributed by atoms with Crippen LogP contribution in [-0.2, 0) is 27.8 Å². The van der Waals surface area contributed by atoms with E-state index in [0.717, 1.165) is 11.3 Å². The Bertz CT molecular complexity index is 1240. The van der Waals surface area contributed by atoms with Gasteiger partial charge in [0.05, 0.1) is 22.5 Å². The molecular formula is C24H31FN4O4S. The first-order valence-electron chi connectivity index (χ1n) is 11.4. The highest BCUT2D eigenvalue weighted by Crippen LogP contribution is 2.23. The van der Waals surface area contributed by atoms with Gasteiger partial charge in [-0.2, -0.15) is 4.31 Å². The van der Waals surface area contributed by atoms with Crippen LogP contribution in [0.5, 0.6) is 5.75 Å². The van der Waals surface area contributed by atoms with E-state index in [-0.39, 0.29) is 29.6 Å². The zero-order valence-electron chi connectivity index (χ0n) is 19.8. The molecule has 0 spiro atoms. The lowest BCUT2D eigenvalue weighted by molar-refractivity contribution is -0.121. The molecule has 8 nitrogen and oxygen atoms in total. The summed E-state index contributed by atoms with van der Waals surface area (Å²) in [7, 11) is -3.58. The molecular weight excluding hydrogens is 459 g/mol. The fourth-order valence-electron chi connectivity index (χ4n) is 3.81. The van der Waals surface area contributed by atoms with Crippen LogP contribution in [0.4, 0.5) is 4.39 Å². The van der Waals surface area contributed by atoms with Crippen molar-refractivity contribution in [3.8, 4) is 5.75 Å². The smallest absolute Gasteiger partial charge is 0.243 e. The number of aryl methyl sites for hydroxylation is 2. The molecule has 10 heteroatoms. The zero-order valence-corrected chi connectivity index (χ0v) is 20.6. The number of hydrogen-bond donors (Lipinski definition) is 1. The lowest BCUT2D eigenvalue weighted by atomic mass is 10.2. The topological polar surface area (TPSA) is 93.5 Å². The van der Waals surface area contributed by atoms with Gasteiger partial charge in [-0.05, 0) is 37.3 Å². The Hall–Kier alpha value is -2.98. The molecule has 1 amide bonds. The van der Waals surface area contributed by atoms with Gasteiger partial charge in [-0.15, -0.1) is 0 Å². The van der Waals surface area contributed by atoms with Gasteiger partial charge in [-0.1, -0.05) is 19.9 Å². The van der Waals surface area contributed by atoms with E-state index in [1.807, 2.05) is 25.3 Å². The van der Waals surface area contributed by atoms with Gasteiger partial charge in [0.2, 0.25) is 15.9 Å². The van der Waals surface area contributed by atoms with Gasteiger partial charge in [0, 0.05) is 38.5 Å². The first-order valence-corrected chi connectivity index (χ1v) is 12.9. The number of fused-ring (bicyclic) bond motifs is 1. The third-order valence-corrected chi connectivity index (χ3v) is 7.57. The van der Waals surface area contributed by atoms with Crippen molar-refractivity contribution < 1.29 is 22.3 Å². The van der Waals surface area contributed by atoms with Crippen LogP contribution in [0.1, 0.15) is 33.0 Å². The summed E-state index contributed by atoms with van der Waals surface area (Å²) in [5.41, 5.74) is 1.42. The summed E-state index contributed by atoms with van der Waals surface area (Å²) in [6.45, 7) is 7.57. The SMILES string of the molecule is CCN(CC)S(=O)(=O)c1ccc2c(c1)nc(CCC(=O)NCCOc1cccc(F)c1)n2CC. The number of nitrogens with one attached hydrogen (secondary N) is 1. The van der Waals surface area contributed by atoms with Crippen LogP contribution in [0.15, 0.2) is 47.4 Å². The van der Waals surface area contributed by atoms with Crippen LogP contribution >= 0.6 is 0 Å². The van der Waals surface area contributed by atoms with Crippen LogP contribution in [0.25, 0.3) is 11.0 Å². The summed E-state index contributed by atoms with van der Waals surface area (Å²) < 4.78 is 47.7.